The molecular weight excluding hydrogens is 454 g/mol. The largest absolute Gasteiger partial charge is 0.462 e. The van der Waals surface area contributed by atoms with Crippen molar-refractivity contribution in [3.63, 3.8) is 0 Å². The summed E-state index contributed by atoms with van der Waals surface area (Å²) < 4.78 is 21.3. The van der Waals surface area contributed by atoms with Crippen LogP contribution in [0.15, 0.2) is 18.2 Å². The van der Waals surface area contributed by atoms with E-state index >= 15 is 0 Å². The van der Waals surface area contributed by atoms with Gasteiger partial charge in [-0.1, -0.05) is 13.0 Å². The van der Waals surface area contributed by atoms with Gasteiger partial charge in [-0.25, -0.2) is 0 Å². The zero-order valence-electron chi connectivity index (χ0n) is 22.1. The average molecular weight is 494 g/mol. The molecule has 0 aliphatic carbocycles. The first kappa shape index (κ1) is 30.1. The SMILES string of the molecule is CCCC(=O)OC[C@H](C)OC(=O)[C@@H](N)Cc1ccc(OC(=O)C(C)(C)C)c(OC(=O)C(C)(C)C)c1. The number of nitrogens with two attached hydrogens (primary N) is 1. The number of esters is 4. The topological polar surface area (TPSA) is 131 Å². The Bertz CT molecular complexity index is 911. The Morgan fingerprint density at radius 3 is 1.97 bits per heavy atom. The summed E-state index contributed by atoms with van der Waals surface area (Å²) in [4.78, 5) is 48.7. The van der Waals surface area contributed by atoms with E-state index in [1.165, 1.54) is 12.1 Å². The van der Waals surface area contributed by atoms with Gasteiger partial charge in [0.25, 0.3) is 0 Å². The second kappa shape index (κ2) is 12.7. The van der Waals surface area contributed by atoms with Crippen LogP contribution in [0, 0.1) is 10.8 Å². The Morgan fingerprint density at radius 1 is 0.914 bits per heavy atom. The van der Waals surface area contributed by atoms with Crippen LogP contribution in [0.2, 0.25) is 0 Å². The highest BCUT2D eigenvalue weighted by Gasteiger charge is 2.29. The quantitative estimate of drug-likeness (QED) is 0.382. The Morgan fingerprint density at radius 2 is 1.46 bits per heavy atom. The van der Waals surface area contributed by atoms with Gasteiger partial charge in [0.05, 0.1) is 10.8 Å². The summed E-state index contributed by atoms with van der Waals surface area (Å²) >= 11 is 0. The van der Waals surface area contributed by atoms with E-state index in [0.29, 0.717) is 18.4 Å². The summed E-state index contributed by atoms with van der Waals surface area (Å²) in [5.74, 6) is -1.89. The van der Waals surface area contributed by atoms with Gasteiger partial charge in [0.15, 0.2) is 11.5 Å². The molecule has 0 aromatic heterocycles. The molecular formula is C26H39NO8. The van der Waals surface area contributed by atoms with E-state index in [-0.39, 0.29) is 30.5 Å². The molecule has 9 heteroatoms. The second-order valence-corrected chi connectivity index (χ2v) is 10.6. The summed E-state index contributed by atoms with van der Waals surface area (Å²) in [6.07, 6.45) is 0.383. The molecule has 0 saturated carbocycles. The van der Waals surface area contributed by atoms with Gasteiger partial charge in [-0.05, 0) is 79.0 Å². The average Bonchev–Trinajstić information content (AvgIpc) is 2.72. The first-order chi connectivity index (χ1) is 16.0. The minimum atomic E-state index is -1.02. The highest BCUT2D eigenvalue weighted by atomic mass is 16.6. The molecule has 196 valence electrons. The van der Waals surface area contributed by atoms with E-state index < -0.39 is 40.9 Å². The van der Waals surface area contributed by atoms with Crippen molar-refractivity contribution in [2.75, 3.05) is 6.61 Å². The van der Waals surface area contributed by atoms with Crippen LogP contribution in [0.1, 0.15) is 73.8 Å². The fourth-order valence-electron chi connectivity index (χ4n) is 2.49. The predicted molar refractivity (Wildman–Crippen MR) is 130 cm³/mol. The Hall–Kier alpha value is -2.94. The highest BCUT2D eigenvalue weighted by Crippen LogP contribution is 2.33. The summed E-state index contributed by atoms with van der Waals surface area (Å²) in [7, 11) is 0. The van der Waals surface area contributed by atoms with Gasteiger partial charge in [-0.15, -0.1) is 0 Å². The maximum absolute atomic E-state index is 12.5. The zero-order valence-corrected chi connectivity index (χ0v) is 22.1. The molecule has 0 heterocycles. The fraction of sp³-hybridized carbons (Fsp3) is 0.615. The van der Waals surface area contributed by atoms with Crippen LogP contribution in [0.4, 0.5) is 0 Å². The van der Waals surface area contributed by atoms with Crippen molar-refractivity contribution in [3.05, 3.63) is 23.8 Å². The number of hydrogen-bond acceptors (Lipinski definition) is 9. The Labute approximate surface area is 207 Å². The van der Waals surface area contributed by atoms with Gasteiger partial charge in [0.2, 0.25) is 0 Å². The van der Waals surface area contributed by atoms with Gasteiger partial charge in [0.1, 0.15) is 18.8 Å². The molecule has 0 unspecified atom stereocenters. The van der Waals surface area contributed by atoms with Crippen LogP contribution < -0.4 is 15.2 Å². The minimum absolute atomic E-state index is 0.0526. The molecule has 0 spiro atoms. The van der Waals surface area contributed by atoms with Crippen molar-refractivity contribution < 1.29 is 38.1 Å². The zero-order chi connectivity index (χ0) is 27.0. The van der Waals surface area contributed by atoms with Crippen LogP contribution in [0.3, 0.4) is 0 Å². The normalized spacial score (nSPS) is 13.4. The maximum Gasteiger partial charge on any atom is 0.323 e. The summed E-state index contributed by atoms with van der Waals surface area (Å²) in [5, 5.41) is 0. The molecule has 0 radical (unpaired) electrons. The van der Waals surface area contributed by atoms with Gasteiger partial charge < -0.3 is 24.7 Å². The molecule has 2 atom stereocenters. The van der Waals surface area contributed by atoms with Crippen LogP contribution >= 0.6 is 0 Å². The number of hydrogen-bond donors (Lipinski definition) is 1. The van der Waals surface area contributed by atoms with E-state index in [1.54, 1.807) is 54.5 Å². The van der Waals surface area contributed by atoms with Crippen molar-refractivity contribution in [1.29, 1.82) is 0 Å². The van der Waals surface area contributed by atoms with Gasteiger partial charge in [0, 0.05) is 6.42 Å². The Balaban J connectivity index is 2.96. The van der Waals surface area contributed by atoms with Crippen LogP contribution in [-0.4, -0.2) is 42.6 Å². The molecule has 35 heavy (non-hydrogen) atoms. The lowest BCUT2D eigenvalue weighted by Crippen LogP contribution is -2.37. The number of carbonyl (C=O) groups excluding carboxylic acids is 4. The number of rotatable bonds is 10. The third-order valence-electron chi connectivity index (χ3n) is 4.65. The van der Waals surface area contributed by atoms with E-state index in [2.05, 4.69) is 0 Å². The lowest BCUT2D eigenvalue weighted by Gasteiger charge is -2.21. The number of carbonyl (C=O) groups is 4. The van der Waals surface area contributed by atoms with Gasteiger partial charge in [-0.2, -0.15) is 0 Å². The third-order valence-corrected chi connectivity index (χ3v) is 4.65. The van der Waals surface area contributed by atoms with Crippen LogP contribution in [0.5, 0.6) is 11.5 Å². The van der Waals surface area contributed by atoms with E-state index in [1.807, 2.05) is 6.92 Å². The standard InChI is InChI=1S/C26H39NO8/c1-9-10-21(28)32-15-16(2)33-22(29)18(27)13-17-11-12-19(34-23(30)25(3,4)5)20(14-17)35-24(31)26(6,7)8/h11-12,14,16,18H,9-10,13,15,27H2,1-8H3/t16-,18-/m0/s1. The first-order valence-electron chi connectivity index (χ1n) is 11.7. The van der Waals surface area contributed by atoms with Gasteiger partial charge in [-0.3, -0.25) is 19.2 Å². The second-order valence-electron chi connectivity index (χ2n) is 10.6. The van der Waals surface area contributed by atoms with E-state index in [9.17, 15) is 19.2 Å². The third kappa shape index (κ3) is 10.5. The predicted octanol–water partition coefficient (Wildman–Crippen LogP) is 3.73. The summed E-state index contributed by atoms with van der Waals surface area (Å²) in [6.45, 7) is 13.6. The fourth-order valence-corrected chi connectivity index (χ4v) is 2.49. The minimum Gasteiger partial charge on any atom is -0.462 e. The molecule has 0 bridgehead atoms. The smallest absolute Gasteiger partial charge is 0.323 e. The molecule has 1 rings (SSSR count). The van der Waals surface area contributed by atoms with E-state index in [4.69, 9.17) is 24.7 Å². The molecule has 9 nitrogen and oxygen atoms in total. The summed E-state index contributed by atoms with van der Waals surface area (Å²) in [5.41, 5.74) is 5.04. The molecule has 0 fully saturated rings. The maximum atomic E-state index is 12.5. The monoisotopic (exact) mass is 493 g/mol. The van der Waals surface area contributed by atoms with Crippen LogP contribution in [0.25, 0.3) is 0 Å². The van der Waals surface area contributed by atoms with Crippen molar-refractivity contribution in [2.24, 2.45) is 16.6 Å². The molecule has 1 aromatic rings. The molecule has 0 aliphatic rings. The van der Waals surface area contributed by atoms with Crippen molar-refractivity contribution in [2.45, 2.75) is 86.8 Å². The number of ether oxygens (including phenoxy) is 4. The highest BCUT2D eigenvalue weighted by molar-refractivity contribution is 5.81. The van der Waals surface area contributed by atoms with Crippen molar-refractivity contribution in [3.8, 4) is 11.5 Å². The number of benzene rings is 1. The van der Waals surface area contributed by atoms with Crippen molar-refractivity contribution >= 4 is 23.9 Å². The lowest BCUT2D eigenvalue weighted by molar-refractivity contribution is -0.159. The van der Waals surface area contributed by atoms with Crippen LogP contribution in [-0.2, 0) is 35.1 Å². The molecule has 2 N–H and O–H groups in total. The first-order valence-corrected chi connectivity index (χ1v) is 11.7. The molecule has 1 aromatic carbocycles. The van der Waals surface area contributed by atoms with Crippen molar-refractivity contribution in [1.82, 2.24) is 0 Å². The van der Waals surface area contributed by atoms with E-state index in [0.717, 1.165) is 0 Å². The Kier molecular flexibility index (Phi) is 10.9. The molecule has 0 amide bonds. The lowest BCUT2D eigenvalue weighted by atomic mass is 9.97. The molecule has 0 saturated heterocycles. The van der Waals surface area contributed by atoms with Gasteiger partial charge >= 0.3 is 23.9 Å². The summed E-state index contributed by atoms with van der Waals surface area (Å²) in [6, 6.07) is 3.62. The molecule has 0 aliphatic heterocycles.